The molecule has 0 aliphatic carbocycles. The molecule has 24 heavy (non-hydrogen) atoms. The largest absolute Gasteiger partial charge is 0.494 e. The number of nitrogens with zero attached hydrogens (tertiary/aromatic N) is 1. The molecular formula is C16H15ClN2O5. The summed E-state index contributed by atoms with van der Waals surface area (Å²) < 4.78 is 10.4. The van der Waals surface area contributed by atoms with Gasteiger partial charge in [0, 0.05) is 6.07 Å². The Kier molecular flexibility index (Phi) is 5.59. The minimum Gasteiger partial charge on any atom is -0.494 e. The molecule has 2 aromatic rings. The summed E-state index contributed by atoms with van der Waals surface area (Å²) in [6.45, 7) is 1.62. The molecule has 0 saturated carbocycles. The summed E-state index contributed by atoms with van der Waals surface area (Å²) in [5.41, 5.74) is 1.13. The number of methoxy groups -OCH3 is 1. The number of nitrogens with one attached hydrogen (secondary N) is 1. The SMILES string of the molecule is COc1cc([N+](=O)[O-])ccc1NC(=O)COc1cc(C)ccc1Cl. The third-order valence-electron chi connectivity index (χ3n) is 3.12. The Hall–Kier alpha value is -2.80. The zero-order chi connectivity index (χ0) is 17.7. The molecule has 2 aromatic carbocycles. The van der Waals surface area contributed by atoms with Crippen molar-refractivity contribution in [3.63, 3.8) is 0 Å². The van der Waals surface area contributed by atoms with Crippen molar-refractivity contribution in [2.75, 3.05) is 19.0 Å². The second kappa shape index (κ2) is 7.65. The lowest BCUT2D eigenvalue weighted by molar-refractivity contribution is -0.384. The molecular weight excluding hydrogens is 336 g/mol. The van der Waals surface area contributed by atoms with Crippen molar-refractivity contribution in [1.29, 1.82) is 0 Å². The Labute approximate surface area is 143 Å². The quantitative estimate of drug-likeness (QED) is 0.635. The molecule has 0 bridgehead atoms. The molecule has 0 unspecified atom stereocenters. The number of amides is 1. The number of anilines is 1. The maximum absolute atomic E-state index is 12.0. The highest BCUT2D eigenvalue weighted by Gasteiger charge is 2.14. The van der Waals surface area contributed by atoms with Crippen molar-refractivity contribution in [2.45, 2.75) is 6.92 Å². The standard InChI is InChI=1S/C16H15ClN2O5/c1-10-3-5-12(17)14(7-10)24-9-16(20)18-13-6-4-11(19(21)22)8-15(13)23-2/h3-8H,9H2,1-2H3,(H,18,20). The van der Waals surface area contributed by atoms with Crippen LogP contribution in [0.4, 0.5) is 11.4 Å². The van der Waals surface area contributed by atoms with E-state index in [1.807, 2.05) is 13.0 Å². The fourth-order valence-electron chi connectivity index (χ4n) is 1.95. The Morgan fingerprint density at radius 2 is 2.00 bits per heavy atom. The first kappa shape index (κ1) is 17.6. The molecule has 0 aliphatic heterocycles. The first-order valence-corrected chi connectivity index (χ1v) is 7.29. The lowest BCUT2D eigenvalue weighted by atomic mass is 10.2. The molecule has 0 atom stereocenters. The number of rotatable bonds is 6. The van der Waals surface area contributed by atoms with Gasteiger partial charge in [-0.3, -0.25) is 14.9 Å². The lowest BCUT2D eigenvalue weighted by Gasteiger charge is -2.11. The summed E-state index contributed by atoms with van der Waals surface area (Å²) in [6.07, 6.45) is 0. The number of hydrogen-bond donors (Lipinski definition) is 1. The molecule has 8 heteroatoms. The van der Waals surface area contributed by atoms with E-state index in [1.54, 1.807) is 12.1 Å². The predicted molar refractivity (Wildman–Crippen MR) is 90.0 cm³/mol. The maximum Gasteiger partial charge on any atom is 0.273 e. The van der Waals surface area contributed by atoms with Crippen LogP contribution in [0.5, 0.6) is 11.5 Å². The second-order valence-electron chi connectivity index (χ2n) is 4.91. The van der Waals surface area contributed by atoms with E-state index in [2.05, 4.69) is 5.32 Å². The molecule has 2 rings (SSSR count). The fraction of sp³-hybridized carbons (Fsp3) is 0.188. The Morgan fingerprint density at radius 1 is 1.25 bits per heavy atom. The first-order valence-electron chi connectivity index (χ1n) is 6.92. The van der Waals surface area contributed by atoms with Crippen LogP contribution < -0.4 is 14.8 Å². The van der Waals surface area contributed by atoms with Crippen LogP contribution in [0.25, 0.3) is 0 Å². The summed E-state index contributed by atoms with van der Waals surface area (Å²) >= 11 is 5.99. The van der Waals surface area contributed by atoms with Gasteiger partial charge in [-0.05, 0) is 30.7 Å². The summed E-state index contributed by atoms with van der Waals surface area (Å²) in [5.74, 6) is 0.147. The molecule has 0 spiro atoms. The van der Waals surface area contributed by atoms with E-state index in [0.29, 0.717) is 16.5 Å². The molecule has 0 aromatic heterocycles. The number of nitro groups is 1. The van der Waals surface area contributed by atoms with Crippen LogP contribution >= 0.6 is 11.6 Å². The zero-order valence-corrected chi connectivity index (χ0v) is 13.8. The van der Waals surface area contributed by atoms with Gasteiger partial charge in [-0.2, -0.15) is 0 Å². The van der Waals surface area contributed by atoms with Gasteiger partial charge in [0.05, 0.1) is 28.8 Å². The van der Waals surface area contributed by atoms with Crippen molar-refractivity contribution in [3.05, 3.63) is 57.1 Å². The number of carbonyl (C=O) groups is 1. The van der Waals surface area contributed by atoms with E-state index < -0.39 is 10.8 Å². The highest BCUT2D eigenvalue weighted by Crippen LogP contribution is 2.29. The van der Waals surface area contributed by atoms with Crippen LogP contribution in [-0.2, 0) is 4.79 Å². The third kappa shape index (κ3) is 4.36. The van der Waals surface area contributed by atoms with Crippen molar-refractivity contribution < 1.29 is 19.2 Å². The zero-order valence-electron chi connectivity index (χ0n) is 13.0. The van der Waals surface area contributed by atoms with Crippen molar-refractivity contribution in [1.82, 2.24) is 0 Å². The minimum atomic E-state index is -0.545. The Balaban J connectivity index is 2.04. The molecule has 7 nitrogen and oxygen atoms in total. The summed E-state index contributed by atoms with van der Waals surface area (Å²) in [4.78, 5) is 22.2. The monoisotopic (exact) mass is 350 g/mol. The van der Waals surface area contributed by atoms with E-state index >= 15 is 0 Å². The van der Waals surface area contributed by atoms with Crippen LogP contribution in [0.15, 0.2) is 36.4 Å². The molecule has 0 aliphatic rings. The number of ether oxygens (including phenoxy) is 2. The molecule has 0 radical (unpaired) electrons. The van der Waals surface area contributed by atoms with E-state index in [-0.39, 0.29) is 18.0 Å². The average Bonchev–Trinajstić information content (AvgIpc) is 2.55. The maximum atomic E-state index is 12.0. The van der Waals surface area contributed by atoms with E-state index in [4.69, 9.17) is 21.1 Å². The highest BCUT2D eigenvalue weighted by atomic mass is 35.5. The molecule has 1 amide bonds. The smallest absolute Gasteiger partial charge is 0.273 e. The molecule has 0 saturated heterocycles. The number of carbonyl (C=O) groups excluding carboxylic acids is 1. The number of benzene rings is 2. The first-order chi connectivity index (χ1) is 11.4. The van der Waals surface area contributed by atoms with Crippen LogP contribution in [0.1, 0.15) is 5.56 Å². The van der Waals surface area contributed by atoms with Crippen molar-refractivity contribution in [3.8, 4) is 11.5 Å². The van der Waals surface area contributed by atoms with Crippen molar-refractivity contribution >= 4 is 28.9 Å². The van der Waals surface area contributed by atoms with Gasteiger partial charge in [-0.1, -0.05) is 17.7 Å². The molecule has 126 valence electrons. The van der Waals surface area contributed by atoms with E-state index in [9.17, 15) is 14.9 Å². The molecule has 0 fully saturated rings. The number of hydrogen-bond acceptors (Lipinski definition) is 5. The van der Waals surface area contributed by atoms with Gasteiger partial charge >= 0.3 is 0 Å². The van der Waals surface area contributed by atoms with Gasteiger partial charge < -0.3 is 14.8 Å². The number of halogens is 1. The number of nitro benzene ring substituents is 1. The number of non-ortho nitro benzene ring substituents is 1. The van der Waals surface area contributed by atoms with Crippen LogP contribution in [0, 0.1) is 17.0 Å². The van der Waals surface area contributed by atoms with Gasteiger partial charge in [-0.15, -0.1) is 0 Å². The molecule has 0 heterocycles. The average molecular weight is 351 g/mol. The van der Waals surface area contributed by atoms with E-state index in [1.165, 1.54) is 25.3 Å². The topological polar surface area (TPSA) is 90.7 Å². The van der Waals surface area contributed by atoms with E-state index in [0.717, 1.165) is 5.56 Å². The van der Waals surface area contributed by atoms with Gasteiger partial charge in [0.15, 0.2) is 6.61 Å². The Bertz CT molecular complexity index is 779. The summed E-state index contributed by atoms with van der Waals surface area (Å²) in [5, 5.41) is 13.7. The van der Waals surface area contributed by atoms with Gasteiger partial charge in [0.1, 0.15) is 11.5 Å². The Morgan fingerprint density at radius 3 is 2.67 bits per heavy atom. The molecule has 1 N–H and O–H groups in total. The summed E-state index contributed by atoms with van der Waals surface area (Å²) in [6, 6.07) is 9.14. The normalized spacial score (nSPS) is 10.1. The van der Waals surface area contributed by atoms with Crippen LogP contribution in [0.3, 0.4) is 0 Å². The highest BCUT2D eigenvalue weighted by molar-refractivity contribution is 6.32. The summed E-state index contributed by atoms with van der Waals surface area (Å²) in [7, 11) is 1.36. The van der Waals surface area contributed by atoms with Crippen LogP contribution in [0.2, 0.25) is 5.02 Å². The fourth-order valence-corrected chi connectivity index (χ4v) is 2.12. The lowest BCUT2D eigenvalue weighted by Crippen LogP contribution is -2.20. The third-order valence-corrected chi connectivity index (χ3v) is 3.43. The van der Waals surface area contributed by atoms with Gasteiger partial charge in [-0.25, -0.2) is 0 Å². The van der Waals surface area contributed by atoms with Crippen molar-refractivity contribution in [2.24, 2.45) is 0 Å². The minimum absolute atomic E-state index is 0.132. The number of aryl methyl sites for hydroxylation is 1. The predicted octanol–water partition coefficient (Wildman–Crippen LogP) is 3.58. The van der Waals surface area contributed by atoms with Crippen LogP contribution in [-0.4, -0.2) is 24.5 Å². The van der Waals surface area contributed by atoms with Gasteiger partial charge in [0.25, 0.3) is 11.6 Å². The second-order valence-corrected chi connectivity index (χ2v) is 5.32. The van der Waals surface area contributed by atoms with Gasteiger partial charge in [0.2, 0.25) is 0 Å².